The molecule has 0 unspecified atom stereocenters. The van der Waals surface area contributed by atoms with Gasteiger partial charge in [0.25, 0.3) is 5.91 Å². The average molecular weight is 386 g/mol. The van der Waals surface area contributed by atoms with Gasteiger partial charge in [0.15, 0.2) is 5.69 Å². The summed E-state index contributed by atoms with van der Waals surface area (Å²) in [6, 6.07) is 13.5. The first kappa shape index (κ1) is 18.8. The lowest BCUT2D eigenvalue weighted by Gasteiger charge is -2.26. The molecule has 0 bridgehead atoms. The van der Waals surface area contributed by atoms with Crippen LogP contribution in [0.3, 0.4) is 0 Å². The molecule has 7 heteroatoms. The van der Waals surface area contributed by atoms with Gasteiger partial charge in [-0.05, 0) is 56.3 Å². The number of hydrogen-bond acceptors (Lipinski definition) is 3. The Morgan fingerprint density at radius 1 is 1.15 bits per heavy atom. The fourth-order valence-corrected chi connectivity index (χ4v) is 2.81. The van der Waals surface area contributed by atoms with Crippen molar-refractivity contribution in [2.75, 3.05) is 4.90 Å². The topological polar surface area (TPSA) is 55.2 Å². The Hall–Kier alpha value is -2.99. The van der Waals surface area contributed by atoms with Crippen molar-refractivity contribution in [2.45, 2.75) is 19.9 Å². The van der Waals surface area contributed by atoms with Crippen LogP contribution in [-0.4, -0.2) is 21.7 Å². The Morgan fingerprint density at radius 3 is 2.48 bits per heavy atom. The number of amides is 1. The third-order valence-corrected chi connectivity index (χ3v) is 4.18. The molecule has 0 fully saturated rings. The van der Waals surface area contributed by atoms with E-state index in [1.54, 1.807) is 30.3 Å². The highest BCUT2D eigenvalue weighted by Gasteiger charge is 2.24. The molecule has 0 aliphatic heterocycles. The van der Waals surface area contributed by atoms with Gasteiger partial charge in [0, 0.05) is 29.0 Å². The zero-order valence-electron chi connectivity index (χ0n) is 14.8. The number of rotatable bonds is 4. The van der Waals surface area contributed by atoms with Crippen molar-refractivity contribution in [1.29, 1.82) is 0 Å². The Kier molecular flexibility index (Phi) is 5.37. The van der Waals surface area contributed by atoms with Crippen LogP contribution >= 0.6 is 11.6 Å². The van der Waals surface area contributed by atoms with E-state index in [1.807, 2.05) is 13.8 Å². The van der Waals surface area contributed by atoms with E-state index in [0.717, 1.165) is 0 Å². The zero-order valence-corrected chi connectivity index (χ0v) is 15.5. The van der Waals surface area contributed by atoms with E-state index in [2.05, 4.69) is 5.10 Å². The molecular weight excluding hydrogens is 369 g/mol. The SMILES string of the molecule is CC(C)N(C(=O)c1nn(-c2cccc(F)c2)ccc1=O)c1ccc(Cl)cc1. The van der Waals surface area contributed by atoms with Crippen molar-refractivity contribution in [3.05, 3.63) is 87.6 Å². The van der Waals surface area contributed by atoms with E-state index in [4.69, 9.17) is 11.6 Å². The molecule has 138 valence electrons. The molecule has 1 amide bonds. The van der Waals surface area contributed by atoms with Crippen molar-refractivity contribution in [3.8, 4) is 5.69 Å². The molecule has 27 heavy (non-hydrogen) atoms. The average Bonchev–Trinajstić information content (AvgIpc) is 2.63. The third-order valence-electron chi connectivity index (χ3n) is 3.92. The Labute approximate surface area is 160 Å². The number of aromatic nitrogens is 2. The van der Waals surface area contributed by atoms with E-state index >= 15 is 0 Å². The smallest absolute Gasteiger partial charge is 0.283 e. The van der Waals surface area contributed by atoms with Crippen LogP contribution in [-0.2, 0) is 0 Å². The van der Waals surface area contributed by atoms with Crippen LogP contribution in [0, 0.1) is 5.82 Å². The quantitative estimate of drug-likeness (QED) is 0.680. The minimum atomic E-state index is -0.539. The summed E-state index contributed by atoms with van der Waals surface area (Å²) < 4.78 is 14.8. The van der Waals surface area contributed by atoms with Crippen molar-refractivity contribution in [1.82, 2.24) is 9.78 Å². The summed E-state index contributed by atoms with van der Waals surface area (Å²) in [6.45, 7) is 3.67. The van der Waals surface area contributed by atoms with Gasteiger partial charge < -0.3 is 4.90 Å². The minimum Gasteiger partial charge on any atom is -0.304 e. The second-order valence-corrected chi connectivity index (χ2v) is 6.63. The molecule has 2 aromatic carbocycles. The Morgan fingerprint density at radius 2 is 1.85 bits per heavy atom. The van der Waals surface area contributed by atoms with Crippen LogP contribution in [0.2, 0.25) is 5.02 Å². The summed E-state index contributed by atoms with van der Waals surface area (Å²) in [4.78, 5) is 26.9. The van der Waals surface area contributed by atoms with E-state index in [0.29, 0.717) is 16.4 Å². The first-order valence-electron chi connectivity index (χ1n) is 8.32. The summed E-state index contributed by atoms with van der Waals surface area (Å²) >= 11 is 5.92. The van der Waals surface area contributed by atoms with Gasteiger partial charge in [-0.3, -0.25) is 9.59 Å². The highest BCUT2D eigenvalue weighted by Crippen LogP contribution is 2.21. The van der Waals surface area contributed by atoms with E-state index in [1.165, 1.54) is 40.0 Å². The maximum absolute atomic E-state index is 13.5. The number of carbonyl (C=O) groups is 1. The fraction of sp³-hybridized carbons (Fsp3) is 0.150. The number of halogens is 2. The molecule has 3 aromatic rings. The van der Waals surface area contributed by atoms with Crippen LogP contribution in [0.4, 0.5) is 10.1 Å². The van der Waals surface area contributed by atoms with Crippen LogP contribution < -0.4 is 10.3 Å². The van der Waals surface area contributed by atoms with Crippen LogP contribution in [0.15, 0.2) is 65.6 Å². The van der Waals surface area contributed by atoms with Gasteiger partial charge in [0.05, 0.1) is 5.69 Å². The number of carbonyl (C=O) groups excluding carboxylic acids is 1. The van der Waals surface area contributed by atoms with E-state index in [9.17, 15) is 14.0 Å². The maximum Gasteiger partial charge on any atom is 0.283 e. The van der Waals surface area contributed by atoms with Crippen LogP contribution in [0.5, 0.6) is 0 Å². The molecule has 0 spiro atoms. The van der Waals surface area contributed by atoms with Gasteiger partial charge in [-0.1, -0.05) is 17.7 Å². The number of nitrogens with zero attached hydrogens (tertiary/aromatic N) is 3. The molecule has 0 aliphatic carbocycles. The molecule has 0 atom stereocenters. The van der Waals surface area contributed by atoms with Gasteiger partial charge in [-0.2, -0.15) is 5.10 Å². The second-order valence-electron chi connectivity index (χ2n) is 6.20. The summed E-state index contributed by atoms with van der Waals surface area (Å²) in [5.41, 5.74) is 0.256. The van der Waals surface area contributed by atoms with E-state index < -0.39 is 17.2 Å². The maximum atomic E-state index is 13.5. The van der Waals surface area contributed by atoms with Gasteiger partial charge in [0.2, 0.25) is 5.43 Å². The predicted molar refractivity (Wildman–Crippen MR) is 103 cm³/mol. The lowest BCUT2D eigenvalue weighted by molar-refractivity contribution is 0.0972. The predicted octanol–water partition coefficient (Wildman–Crippen LogP) is 4.08. The molecule has 1 aromatic heterocycles. The summed E-state index contributed by atoms with van der Waals surface area (Å²) in [5.74, 6) is -0.978. The van der Waals surface area contributed by atoms with Crippen molar-refractivity contribution >= 4 is 23.2 Å². The fourth-order valence-electron chi connectivity index (χ4n) is 2.68. The van der Waals surface area contributed by atoms with Crippen molar-refractivity contribution in [2.24, 2.45) is 0 Å². The molecule has 0 N–H and O–H groups in total. The standard InChI is InChI=1S/C20H17ClFN3O2/c1-13(2)25(16-8-6-14(21)7-9-16)20(27)19-18(26)10-11-24(23-19)17-5-3-4-15(22)12-17/h3-13H,1-2H3. The largest absolute Gasteiger partial charge is 0.304 e. The number of benzene rings is 2. The van der Waals surface area contributed by atoms with Crippen molar-refractivity contribution < 1.29 is 9.18 Å². The second kappa shape index (κ2) is 7.72. The number of hydrogen-bond donors (Lipinski definition) is 0. The molecular formula is C20H17ClFN3O2. The first-order chi connectivity index (χ1) is 12.9. The normalized spacial score (nSPS) is 10.9. The van der Waals surface area contributed by atoms with Gasteiger partial charge in [0.1, 0.15) is 5.82 Å². The minimum absolute atomic E-state index is 0.220. The molecule has 5 nitrogen and oxygen atoms in total. The van der Waals surface area contributed by atoms with Gasteiger partial charge in [-0.15, -0.1) is 0 Å². The number of anilines is 1. The lowest BCUT2D eigenvalue weighted by atomic mass is 10.2. The van der Waals surface area contributed by atoms with Crippen molar-refractivity contribution in [3.63, 3.8) is 0 Å². The summed E-state index contributed by atoms with van der Waals surface area (Å²) in [7, 11) is 0. The lowest BCUT2D eigenvalue weighted by Crippen LogP contribution is -2.40. The van der Waals surface area contributed by atoms with E-state index in [-0.39, 0.29) is 11.7 Å². The Bertz CT molecular complexity index is 1030. The monoisotopic (exact) mass is 385 g/mol. The first-order valence-corrected chi connectivity index (χ1v) is 8.69. The van der Waals surface area contributed by atoms with Gasteiger partial charge in [-0.25, -0.2) is 9.07 Å². The van der Waals surface area contributed by atoms with Crippen LogP contribution in [0.1, 0.15) is 24.3 Å². The van der Waals surface area contributed by atoms with Gasteiger partial charge >= 0.3 is 0 Å². The highest BCUT2D eigenvalue weighted by atomic mass is 35.5. The molecule has 1 heterocycles. The molecule has 3 rings (SSSR count). The summed E-state index contributed by atoms with van der Waals surface area (Å²) in [5, 5.41) is 4.69. The van der Waals surface area contributed by atoms with Crippen LogP contribution in [0.25, 0.3) is 5.69 Å². The molecule has 0 aliphatic rings. The molecule has 0 saturated heterocycles. The zero-order chi connectivity index (χ0) is 19.6. The molecule has 0 saturated carbocycles. The Balaban J connectivity index is 2.05. The summed E-state index contributed by atoms with van der Waals surface area (Å²) in [6.07, 6.45) is 1.40. The third kappa shape index (κ3) is 4.06. The molecule has 0 radical (unpaired) electrons. The highest BCUT2D eigenvalue weighted by molar-refractivity contribution is 6.30.